The Kier molecular flexibility index (Phi) is 8.87. The molecule has 0 amide bonds. The zero-order valence-electron chi connectivity index (χ0n) is 22.4. The van der Waals surface area contributed by atoms with Crippen molar-refractivity contribution in [2.45, 2.75) is 61.4 Å². The van der Waals surface area contributed by atoms with Crippen LogP contribution >= 0.6 is 0 Å². The topological polar surface area (TPSA) is 290 Å². The number of benzene rings is 2. The zero-order chi connectivity index (χ0) is 32.0. The van der Waals surface area contributed by atoms with Gasteiger partial charge in [0.25, 0.3) is 0 Å². The van der Waals surface area contributed by atoms with Gasteiger partial charge in [-0.2, -0.15) is 0 Å². The Labute approximate surface area is 246 Å². The van der Waals surface area contributed by atoms with Crippen LogP contribution in [0.5, 0.6) is 28.7 Å². The zero-order valence-corrected chi connectivity index (χ0v) is 22.4. The smallest absolute Gasteiger partial charge is 0.239 e. The maximum absolute atomic E-state index is 13.7. The van der Waals surface area contributed by atoms with Gasteiger partial charge in [0.2, 0.25) is 17.5 Å². The van der Waals surface area contributed by atoms with E-state index < -0.39 is 120 Å². The highest BCUT2D eigenvalue weighted by Crippen LogP contribution is 2.40. The van der Waals surface area contributed by atoms with Crippen molar-refractivity contribution in [1.82, 2.24) is 0 Å². The molecule has 0 radical (unpaired) electrons. The molecule has 2 saturated heterocycles. The summed E-state index contributed by atoms with van der Waals surface area (Å²) in [5, 5.41) is 111. The highest BCUT2D eigenvalue weighted by atomic mass is 16.8. The van der Waals surface area contributed by atoms with E-state index in [9.17, 15) is 61.0 Å². The van der Waals surface area contributed by atoms with E-state index in [2.05, 4.69) is 0 Å². The van der Waals surface area contributed by atoms with Crippen LogP contribution in [0.3, 0.4) is 0 Å². The Balaban J connectivity index is 1.61. The summed E-state index contributed by atoms with van der Waals surface area (Å²) >= 11 is 0. The summed E-state index contributed by atoms with van der Waals surface area (Å²) in [5.41, 5.74) is -1.47. The second kappa shape index (κ2) is 12.3. The van der Waals surface area contributed by atoms with Crippen LogP contribution in [0.4, 0.5) is 0 Å². The molecule has 3 aromatic rings. The molecule has 11 N–H and O–H groups in total. The summed E-state index contributed by atoms with van der Waals surface area (Å²) in [4.78, 5) is 13.7. The van der Waals surface area contributed by atoms with Gasteiger partial charge in [-0.1, -0.05) is 0 Å². The van der Waals surface area contributed by atoms with Crippen molar-refractivity contribution in [3.05, 3.63) is 40.6 Å². The van der Waals surface area contributed by atoms with Gasteiger partial charge in [0.05, 0.1) is 13.2 Å². The molecule has 0 aliphatic carbocycles. The molecule has 17 heteroatoms. The Morgan fingerprint density at radius 3 is 1.98 bits per heavy atom. The van der Waals surface area contributed by atoms with Gasteiger partial charge < -0.3 is 79.5 Å². The third kappa shape index (κ3) is 5.61. The monoisotopic (exact) mass is 626 g/mol. The van der Waals surface area contributed by atoms with E-state index in [1.54, 1.807) is 0 Å². The van der Waals surface area contributed by atoms with Gasteiger partial charge in [-0.25, -0.2) is 0 Å². The molecular formula is C27H30O17. The number of aliphatic hydroxyl groups is 7. The van der Waals surface area contributed by atoms with Crippen molar-refractivity contribution in [1.29, 1.82) is 0 Å². The number of rotatable bonds is 7. The number of aliphatic hydroxyl groups excluding tert-OH is 7. The fraction of sp³-hybridized carbons (Fsp3) is 0.444. The number of ether oxygens (including phenoxy) is 4. The predicted molar refractivity (Wildman–Crippen MR) is 142 cm³/mol. The standard InChI is InChI=1S/C27H30O17/c28-6-14-17(34)20(37)22(39)26(41-14)44-25-21(38)18(35)15(7-29)42-27(25)43-24-19(36)16-12(33)4-9(30)5-13(16)40-23(24)8-1-2-10(31)11(32)3-8/h1-5,14-15,17-18,20-22,25-35,37-39H,6-7H2/t14?,15?,17-,18+,20?,21?,22?,25?,26+,27+/m1/s1. The van der Waals surface area contributed by atoms with Crippen LogP contribution in [0.2, 0.25) is 0 Å². The summed E-state index contributed by atoms with van der Waals surface area (Å²) < 4.78 is 28.1. The minimum absolute atomic E-state index is 0.0707. The first-order valence-corrected chi connectivity index (χ1v) is 13.2. The van der Waals surface area contributed by atoms with Crippen molar-refractivity contribution < 1.29 is 79.5 Å². The van der Waals surface area contributed by atoms with Crippen LogP contribution in [0, 0.1) is 0 Å². The van der Waals surface area contributed by atoms with Gasteiger partial charge in [0.15, 0.2) is 29.7 Å². The lowest BCUT2D eigenvalue weighted by molar-refractivity contribution is -0.358. The summed E-state index contributed by atoms with van der Waals surface area (Å²) in [6.45, 7) is -1.68. The van der Waals surface area contributed by atoms with Gasteiger partial charge in [0.1, 0.15) is 65.2 Å². The minimum atomic E-state index is -1.97. The molecule has 2 aromatic carbocycles. The second-order valence-electron chi connectivity index (χ2n) is 10.3. The van der Waals surface area contributed by atoms with Gasteiger partial charge >= 0.3 is 0 Å². The van der Waals surface area contributed by atoms with Gasteiger partial charge in [-0.3, -0.25) is 4.79 Å². The lowest BCUT2D eigenvalue weighted by Gasteiger charge is -2.45. The van der Waals surface area contributed by atoms with Crippen LogP contribution in [-0.4, -0.2) is 131 Å². The molecular weight excluding hydrogens is 596 g/mol. The minimum Gasteiger partial charge on any atom is -0.508 e. The molecule has 3 heterocycles. The molecule has 17 nitrogen and oxygen atoms in total. The Bertz CT molecular complexity index is 1560. The van der Waals surface area contributed by atoms with Crippen LogP contribution in [0.15, 0.2) is 39.5 Å². The van der Waals surface area contributed by atoms with Crippen molar-refractivity contribution in [2.75, 3.05) is 13.2 Å². The molecule has 44 heavy (non-hydrogen) atoms. The molecule has 2 aliphatic rings. The quantitative estimate of drug-likeness (QED) is 0.119. The lowest BCUT2D eigenvalue weighted by atomic mass is 9.97. The first-order chi connectivity index (χ1) is 20.9. The summed E-state index contributed by atoms with van der Waals surface area (Å²) in [6, 6.07) is 5.12. The summed E-state index contributed by atoms with van der Waals surface area (Å²) in [6.07, 6.45) is -18.0. The number of hydrogen-bond donors (Lipinski definition) is 11. The van der Waals surface area contributed by atoms with Crippen molar-refractivity contribution in [3.8, 4) is 40.1 Å². The lowest BCUT2D eigenvalue weighted by Crippen LogP contribution is -2.65. The largest absolute Gasteiger partial charge is 0.508 e. The van der Waals surface area contributed by atoms with Crippen LogP contribution in [0.25, 0.3) is 22.3 Å². The maximum Gasteiger partial charge on any atom is 0.239 e. The van der Waals surface area contributed by atoms with Crippen molar-refractivity contribution in [2.24, 2.45) is 0 Å². The van der Waals surface area contributed by atoms with Crippen molar-refractivity contribution >= 4 is 11.0 Å². The number of fused-ring (bicyclic) bond motifs is 1. The summed E-state index contributed by atoms with van der Waals surface area (Å²) in [7, 11) is 0. The molecule has 0 bridgehead atoms. The third-order valence-electron chi connectivity index (χ3n) is 7.35. The molecule has 0 spiro atoms. The van der Waals surface area contributed by atoms with E-state index >= 15 is 0 Å². The van der Waals surface area contributed by atoms with E-state index in [4.69, 9.17) is 23.4 Å². The summed E-state index contributed by atoms with van der Waals surface area (Å²) in [5.74, 6) is -3.54. The highest BCUT2D eigenvalue weighted by molar-refractivity contribution is 5.88. The molecule has 2 fully saturated rings. The average Bonchev–Trinajstić information content (AvgIpc) is 2.98. The third-order valence-corrected chi connectivity index (χ3v) is 7.35. The van der Waals surface area contributed by atoms with E-state index in [1.807, 2.05) is 0 Å². The van der Waals surface area contributed by atoms with Crippen LogP contribution in [0.1, 0.15) is 0 Å². The van der Waals surface area contributed by atoms with Crippen molar-refractivity contribution in [3.63, 3.8) is 0 Å². The van der Waals surface area contributed by atoms with E-state index in [0.29, 0.717) is 0 Å². The Morgan fingerprint density at radius 2 is 1.34 bits per heavy atom. The van der Waals surface area contributed by atoms with Gasteiger partial charge in [-0.15, -0.1) is 0 Å². The molecule has 1 aromatic heterocycles. The van der Waals surface area contributed by atoms with E-state index in [1.165, 1.54) is 6.07 Å². The number of hydrogen-bond acceptors (Lipinski definition) is 17. The van der Waals surface area contributed by atoms with Crippen LogP contribution < -0.4 is 10.2 Å². The van der Waals surface area contributed by atoms with Crippen LogP contribution in [-0.2, 0) is 14.2 Å². The molecule has 10 atom stereocenters. The first kappa shape index (κ1) is 31.7. The van der Waals surface area contributed by atoms with Gasteiger partial charge in [-0.05, 0) is 18.2 Å². The fourth-order valence-corrected chi connectivity index (χ4v) is 4.98. The van der Waals surface area contributed by atoms with Gasteiger partial charge in [0, 0.05) is 17.7 Å². The Hall–Kier alpha value is -3.75. The second-order valence-corrected chi connectivity index (χ2v) is 10.3. The molecule has 0 saturated carbocycles. The van der Waals surface area contributed by atoms with E-state index in [-0.39, 0.29) is 11.1 Å². The Morgan fingerprint density at radius 1 is 0.705 bits per heavy atom. The number of phenols is 4. The molecule has 6 unspecified atom stereocenters. The average molecular weight is 627 g/mol. The van der Waals surface area contributed by atoms with E-state index in [0.717, 1.165) is 24.3 Å². The molecule has 240 valence electrons. The number of phenolic OH excluding ortho intramolecular Hbond substituents is 4. The molecule has 5 rings (SSSR count). The number of aromatic hydroxyl groups is 4. The first-order valence-electron chi connectivity index (χ1n) is 13.2. The molecule has 2 aliphatic heterocycles. The normalized spacial score (nSPS) is 32.5. The predicted octanol–water partition coefficient (Wildman–Crippen LogP) is -2.71. The SMILES string of the molecule is O=c1c(O[C@@H]2OC(CO)[C@H](O)C(O)C2O[C@@H]2OC(CO)[C@@H](O)C(O)C2O)c(-c2ccc(O)c(O)c2)oc2cc(O)cc(O)c12. The highest BCUT2D eigenvalue weighted by Gasteiger charge is 2.51. The fourth-order valence-electron chi connectivity index (χ4n) is 4.98. The maximum atomic E-state index is 13.7.